The number of anilines is 2. The molecule has 8 nitrogen and oxygen atoms in total. The summed E-state index contributed by atoms with van der Waals surface area (Å²) >= 11 is 0.819. The van der Waals surface area contributed by atoms with E-state index in [-0.39, 0.29) is 39.8 Å². The Balaban J connectivity index is 1.94. The van der Waals surface area contributed by atoms with E-state index >= 15 is 0 Å². The van der Waals surface area contributed by atoms with Crippen molar-refractivity contribution in [2.24, 2.45) is 11.8 Å². The Kier molecular flexibility index (Phi) is 10.6. The Hall–Kier alpha value is -3.01. The summed E-state index contributed by atoms with van der Waals surface area (Å²) in [6.07, 6.45) is 6.21. The summed E-state index contributed by atoms with van der Waals surface area (Å²) in [5.74, 6) is -1.39. The fourth-order valence-electron chi connectivity index (χ4n) is 4.67. The topological polar surface area (TPSA) is 117 Å². The van der Waals surface area contributed by atoms with Crippen molar-refractivity contribution in [2.45, 2.75) is 84.7 Å². The molecule has 0 unspecified atom stereocenters. The lowest BCUT2D eigenvalue weighted by molar-refractivity contribution is -0.122. The van der Waals surface area contributed by atoms with Crippen molar-refractivity contribution in [1.29, 1.82) is 0 Å². The van der Waals surface area contributed by atoms with Gasteiger partial charge in [0.15, 0.2) is 5.69 Å². The van der Waals surface area contributed by atoms with Crippen LogP contribution in [-0.4, -0.2) is 40.7 Å². The van der Waals surface area contributed by atoms with E-state index in [0.717, 1.165) is 50.1 Å². The molecule has 4 N–H and O–H groups in total. The Morgan fingerprint density at radius 1 is 1.13 bits per heavy atom. The highest BCUT2D eigenvalue weighted by Crippen LogP contribution is 2.30. The molecule has 1 atom stereocenters. The van der Waals surface area contributed by atoms with E-state index in [9.17, 15) is 18.8 Å². The molecule has 1 aromatic heterocycles. The molecule has 3 rings (SSSR count). The van der Waals surface area contributed by atoms with Crippen LogP contribution in [0.2, 0.25) is 0 Å². The molecule has 1 aliphatic carbocycles. The van der Waals surface area contributed by atoms with Crippen LogP contribution in [0.15, 0.2) is 24.3 Å². The monoisotopic (exact) mass is 545 g/mol. The molecule has 38 heavy (non-hydrogen) atoms. The summed E-state index contributed by atoms with van der Waals surface area (Å²) in [7, 11) is 0. The number of nitrogens with two attached hydrogens (primary N) is 1. The quantitative estimate of drug-likeness (QED) is 0.361. The van der Waals surface area contributed by atoms with Crippen molar-refractivity contribution in [3.8, 4) is 0 Å². The Morgan fingerprint density at radius 3 is 2.47 bits per heavy atom. The van der Waals surface area contributed by atoms with Crippen LogP contribution in [0.25, 0.3) is 0 Å². The minimum atomic E-state index is -0.905. The van der Waals surface area contributed by atoms with Crippen molar-refractivity contribution >= 4 is 40.6 Å². The van der Waals surface area contributed by atoms with Gasteiger partial charge < -0.3 is 16.4 Å². The maximum atomic E-state index is 14.3. The summed E-state index contributed by atoms with van der Waals surface area (Å²) in [4.78, 5) is 41.7. The van der Waals surface area contributed by atoms with E-state index in [2.05, 4.69) is 28.9 Å². The van der Waals surface area contributed by atoms with Gasteiger partial charge in [-0.3, -0.25) is 19.3 Å². The third-order valence-electron chi connectivity index (χ3n) is 6.71. The first-order valence-corrected chi connectivity index (χ1v) is 14.3. The van der Waals surface area contributed by atoms with Crippen molar-refractivity contribution < 1.29 is 18.8 Å². The zero-order valence-electron chi connectivity index (χ0n) is 22.8. The minimum Gasteiger partial charge on any atom is -0.395 e. The van der Waals surface area contributed by atoms with Crippen LogP contribution < -0.4 is 21.3 Å². The molecule has 2 aromatic rings. The number of hydrogen-bond donors (Lipinski definition) is 3. The summed E-state index contributed by atoms with van der Waals surface area (Å²) in [6.45, 7) is 8.50. The van der Waals surface area contributed by atoms with Crippen LogP contribution in [0, 0.1) is 17.7 Å². The predicted molar refractivity (Wildman–Crippen MR) is 150 cm³/mol. The Morgan fingerprint density at radius 2 is 1.84 bits per heavy atom. The van der Waals surface area contributed by atoms with Crippen molar-refractivity contribution in [3.05, 3.63) is 40.7 Å². The van der Waals surface area contributed by atoms with Crippen LogP contribution in [0.4, 0.5) is 15.8 Å². The highest BCUT2D eigenvalue weighted by Gasteiger charge is 2.35. The van der Waals surface area contributed by atoms with Crippen LogP contribution >= 0.6 is 11.5 Å². The fraction of sp³-hybridized carbons (Fsp3) is 0.571. The molecule has 3 amide bonds. The molecular formula is C28H40FN5O3S. The number of hydrogen-bond acceptors (Lipinski definition) is 6. The number of carbonyl (C=O) groups is 3. The average Bonchev–Trinajstić information content (AvgIpc) is 3.25. The van der Waals surface area contributed by atoms with Gasteiger partial charge in [0.2, 0.25) is 5.91 Å². The molecule has 1 aliphatic rings. The maximum absolute atomic E-state index is 14.3. The molecule has 208 valence electrons. The van der Waals surface area contributed by atoms with Crippen LogP contribution in [0.5, 0.6) is 0 Å². The molecular weight excluding hydrogens is 505 g/mol. The summed E-state index contributed by atoms with van der Waals surface area (Å²) in [5.41, 5.74) is 6.52. The summed E-state index contributed by atoms with van der Waals surface area (Å²) in [6, 6.07) is 4.74. The van der Waals surface area contributed by atoms with E-state index in [1.807, 2.05) is 13.8 Å². The van der Waals surface area contributed by atoms with Gasteiger partial charge in [0.05, 0.1) is 5.69 Å². The van der Waals surface area contributed by atoms with Gasteiger partial charge in [0, 0.05) is 18.3 Å². The molecule has 1 fully saturated rings. The van der Waals surface area contributed by atoms with Crippen molar-refractivity contribution in [2.75, 3.05) is 17.2 Å². The van der Waals surface area contributed by atoms with Gasteiger partial charge >= 0.3 is 0 Å². The van der Waals surface area contributed by atoms with Crippen LogP contribution in [-0.2, 0) is 4.79 Å². The Bertz CT molecular complexity index is 1110. The maximum Gasteiger partial charge on any atom is 0.273 e. The third kappa shape index (κ3) is 7.75. The highest BCUT2D eigenvalue weighted by molar-refractivity contribution is 7.09. The first-order valence-electron chi connectivity index (χ1n) is 13.5. The number of amides is 3. The van der Waals surface area contributed by atoms with Gasteiger partial charge in [-0.25, -0.2) is 4.39 Å². The second-order valence-corrected chi connectivity index (χ2v) is 11.6. The first kappa shape index (κ1) is 29.5. The van der Waals surface area contributed by atoms with E-state index in [4.69, 9.17) is 5.73 Å². The van der Waals surface area contributed by atoms with Gasteiger partial charge in [0.1, 0.15) is 16.7 Å². The van der Waals surface area contributed by atoms with E-state index in [1.165, 1.54) is 23.1 Å². The second-order valence-electron chi connectivity index (χ2n) is 10.9. The number of benzene rings is 1. The summed E-state index contributed by atoms with van der Waals surface area (Å²) < 4.78 is 18.5. The lowest BCUT2D eigenvalue weighted by Gasteiger charge is -2.32. The smallest absolute Gasteiger partial charge is 0.273 e. The number of rotatable bonds is 11. The van der Waals surface area contributed by atoms with Gasteiger partial charge in [0.25, 0.3) is 11.8 Å². The van der Waals surface area contributed by atoms with E-state index in [1.54, 1.807) is 6.07 Å². The molecule has 0 saturated heterocycles. The Labute approximate surface area is 228 Å². The molecule has 1 heterocycles. The minimum absolute atomic E-state index is 0.00455. The highest BCUT2D eigenvalue weighted by atomic mass is 32.1. The number of nitrogens with one attached hydrogen (secondary N) is 2. The standard InChI is InChI=1S/C28H40FN5O3S/c1-17(2)13-14-31-26(35)22(15-18(3)4)34(21-12-8-9-19(29)16-21)28(37)25-23(30)24(33-38-25)27(36)32-20-10-6-5-7-11-20/h8-9,12,16-18,20,22H,5-7,10-11,13-15,30H2,1-4H3,(H,31,35)(H,32,36)/t22-/m1/s1. The summed E-state index contributed by atoms with van der Waals surface area (Å²) in [5, 5.41) is 5.92. The molecule has 0 aliphatic heterocycles. The number of carbonyl (C=O) groups excluding carboxylic acids is 3. The normalized spacial score (nSPS) is 14.9. The third-order valence-corrected chi connectivity index (χ3v) is 7.56. The van der Waals surface area contributed by atoms with E-state index < -0.39 is 23.7 Å². The lowest BCUT2D eigenvalue weighted by Crippen LogP contribution is -2.51. The molecule has 10 heteroatoms. The number of nitrogen functional groups attached to an aromatic ring is 1. The molecule has 0 radical (unpaired) electrons. The average molecular weight is 546 g/mol. The van der Waals surface area contributed by atoms with Crippen LogP contribution in [0.3, 0.4) is 0 Å². The number of halogens is 1. The second kappa shape index (κ2) is 13.7. The van der Waals surface area contributed by atoms with Gasteiger partial charge in [-0.1, -0.05) is 53.0 Å². The fourth-order valence-corrected chi connectivity index (χ4v) is 5.40. The van der Waals surface area contributed by atoms with Gasteiger partial charge in [-0.15, -0.1) is 0 Å². The largest absolute Gasteiger partial charge is 0.395 e. The molecule has 0 bridgehead atoms. The SMILES string of the molecule is CC(C)CCNC(=O)[C@@H](CC(C)C)N(C(=O)c1snc(C(=O)NC2CCCCC2)c1N)c1cccc(F)c1. The molecule has 0 spiro atoms. The molecule has 1 aromatic carbocycles. The first-order chi connectivity index (χ1) is 18.1. The number of nitrogens with zero attached hydrogens (tertiary/aromatic N) is 2. The predicted octanol–water partition coefficient (Wildman–Crippen LogP) is 5.15. The molecule has 1 saturated carbocycles. The van der Waals surface area contributed by atoms with Crippen molar-refractivity contribution in [3.63, 3.8) is 0 Å². The lowest BCUT2D eigenvalue weighted by atomic mass is 9.95. The van der Waals surface area contributed by atoms with Gasteiger partial charge in [-0.05, 0) is 67.3 Å². The van der Waals surface area contributed by atoms with Gasteiger partial charge in [-0.2, -0.15) is 4.37 Å². The number of aromatic nitrogens is 1. The zero-order valence-corrected chi connectivity index (χ0v) is 23.6. The zero-order chi connectivity index (χ0) is 27.8. The van der Waals surface area contributed by atoms with Crippen molar-refractivity contribution in [1.82, 2.24) is 15.0 Å². The van der Waals surface area contributed by atoms with Crippen LogP contribution in [0.1, 0.15) is 92.8 Å². The van der Waals surface area contributed by atoms with E-state index in [0.29, 0.717) is 18.9 Å².